The fourth-order valence-corrected chi connectivity index (χ4v) is 2.77. The molecule has 0 aromatic carbocycles. The van der Waals surface area contributed by atoms with Gasteiger partial charge in [0.1, 0.15) is 24.5 Å². The van der Waals surface area contributed by atoms with Crippen molar-refractivity contribution in [3.05, 3.63) is 55.0 Å². The van der Waals surface area contributed by atoms with Crippen LogP contribution >= 0.6 is 0 Å². The molecular weight excluding hydrogens is 387 g/mol. The van der Waals surface area contributed by atoms with E-state index >= 15 is 0 Å². The Balaban J connectivity index is 1.55. The van der Waals surface area contributed by atoms with Gasteiger partial charge >= 0.3 is 0 Å². The first-order valence-corrected chi connectivity index (χ1v) is 8.63. The van der Waals surface area contributed by atoms with Gasteiger partial charge in [-0.15, -0.1) is 0 Å². The van der Waals surface area contributed by atoms with Crippen LogP contribution in [0, 0.1) is 5.82 Å². The number of anilines is 2. The number of hydrogen-bond donors (Lipinski definition) is 2. The van der Waals surface area contributed by atoms with Crippen molar-refractivity contribution >= 4 is 22.5 Å². The lowest BCUT2D eigenvalue weighted by molar-refractivity contribution is 0.122. The minimum Gasteiger partial charge on any atom is -0.360 e. The van der Waals surface area contributed by atoms with E-state index in [1.807, 2.05) is 6.92 Å². The van der Waals surface area contributed by atoms with Gasteiger partial charge in [0.2, 0.25) is 0 Å². The molecule has 0 radical (unpaired) electrons. The van der Waals surface area contributed by atoms with Gasteiger partial charge in [0.05, 0.1) is 41.9 Å². The number of nitrogens with one attached hydrogen (secondary N) is 2. The van der Waals surface area contributed by atoms with Crippen LogP contribution in [0.4, 0.5) is 24.7 Å². The Morgan fingerprint density at radius 1 is 1.10 bits per heavy atom. The van der Waals surface area contributed by atoms with Gasteiger partial charge in [-0.25, -0.2) is 37.8 Å². The van der Waals surface area contributed by atoms with Crippen LogP contribution in [-0.2, 0) is 6.54 Å². The average molecular weight is 403 g/mol. The molecule has 0 saturated heterocycles. The molecule has 0 aliphatic rings. The Bertz CT molecular complexity index is 1110. The van der Waals surface area contributed by atoms with Crippen LogP contribution in [0.2, 0.25) is 0 Å². The molecule has 4 aromatic rings. The number of halogens is 3. The summed E-state index contributed by atoms with van der Waals surface area (Å²) >= 11 is 0. The molecule has 150 valence electrons. The highest BCUT2D eigenvalue weighted by atomic mass is 19.3. The molecule has 0 amide bonds. The standard InChI is InChI=1S/C17H16F3N9/c1-10(15-21-4-11(18)5-22-15)26-16-13-2-3-29(17(13)24-9-23-16)27-12-6-25-28(7-12)8-14(19)20/h2-7,9-10,14,27H,8H2,1H3,(H,23,24,26). The van der Waals surface area contributed by atoms with Gasteiger partial charge in [0, 0.05) is 6.20 Å². The van der Waals surface area contributed by atoms with E-state index in [2.05, 4.69) is 35.8 Å². The molecule has 12 heteroatoms. The van der Waals surface area contributed by atoms with Crippen molar-refractivity contribution in [2.24, 2.45) is 0 Å². The van der Waals surface area contributed by atoms with E-state index < -0.39 is 18.8 Å². The molecule has 0 spiro atoms. The van der Waals surface area contributed by atoms with Crippen LogP contribution in [0.1, 0.15) is 18.8 Å². The third-order valence-electron chi connectivity index (χ3n) is 4.07. The van der Waals surface area contributed by atoms with Crippen molar-refractivity contribution in [3.63, 3.8) is 0 Å². The molecule has 0 aliphatic heterocycles. The molecule has 4 rings (SSSR count). The maximum absolute atomic E-state index is 13.0. The molecule has 4 aromatic heterocycles. The van der Waals surface area contributed by atoms with Crippen molar-refractivity contribution in [1.29, 1.82) is 0 Å². The summed E-state index contributed by atoms with van der Waals surface area (Å²) in [5, 5.41) is 7.79. The van der Waals surface area contributed by atoms with Gasteiger partial charge in [-0.05, 0) is 13.0 Å². The van der Waals surface area contributed by atoms with Crippen LogP contribution in [-0.4, -0.2) is 40.8 Å². The van der Waals surface area contributed by atoms with E-state index in [1.54, 1.807) is 16.9 Å². The van der Waals surface area contributed by atoms with Gasteiger partial charge in [-0.2, -0.15) is 5.10 Å². The Kier molecular flexibility index (Phi) is 4.97. The molecule has 0 aliphatic carbocycles. The number of alkyl halides is 2. The average Bonchev–Trinajstić information content (AvgIpc) is 3.30. The molecule has 1 atom stereocenters. The van der Waals surface area contributed by atoms with Gasteiger partial charge in [0.25, 0.3) is 6.43 Å². The van der Waals surface area contributed by atoms with E-state index in [4.69, 9.17) is 0 Å². The highest BCUT2D eigenvalue weighted by Gasteiger charge is 2.14. The number of hydrogen-bond acceptors (Lipinski definition) is 7. The number of rotatable bonds is 7. The lowest BCUT2D eigenvalue weighted by atomic mass is 10.3. The Morgan fingerprint density at radius 2 is 1.90 bits per heavy atom. The van der Waals surface area contributed by atoms with Crippen LogP contribution in [0.3, 0.4) is 0 Å². The third kappa shape index (κ3) is 4.10. The minimum atomic E-state index is -2.48. The number of aromatic nitrogens is 7. The van der Waals surface area contributed by atoms with E-state index in [9.17, 15) is 13.2 Å². The largest absolute Gasteiger partial charge is 0.360 e. The molecule has 9 nitrogen and oxygen atoms in total. The van der Waals surface area contributed by atoms with Crippen molar-refractivity contribution in [1.82, 2.24) is 34.4 Å². The summed E-state index contributed by atoms with van der Waals surface area (Å²) in [7, 11) is 0. The lowest BCUT2D eigenvalue weighted by Crippen LogP contribution is -2.12. The topological polar surface area (TPSA) is 98.4 Å². The molecule has 4 heterocycles. The van der Waals surface area contributed by atoms with Crippen molar-refractivity contribution in [2.75, 3.05) is 10.7 Å². The first-order valence-electron chi connectivity index (χ1n) is 8.63. The number of nitrogens with zero attached hydrogens (tertiary/aromatic N) is 7. The summed E-state index contributed by atoms with van der Waals surface area (Å²) in [6.45, 7) is 1.35. The van der Waals surface area contributed by atoms with Gasteiger partial charge < -0.3 is 5.32 Å². The quantitative estimate of drug-likeness (QED) is 0.490. The molecular formula is C17H16F3N9. The molecule has 0 saturated carbocycles. The Labute approximate surface area is 162 Å². The van der Waals surface area contributed by atoms with Crippen LogP contribution < -0.4 is 10.7 Å². The summed E-state index contributed by atoms with van der Waals surface area (Å²) in [4.78, 5) is 16.5. The fourth-order valence-electron chi connectivity index (χ4n) is 2.77. The summed E-state index contributed by atoms with van der Waals surface area (Å²) in [6.07, 6.45) is 5.77. The Morgan fingerprint density at radius 3 is 2.66 bits per heavy atom. The maximum Gasteiger partial charge on any atom is 0.257 e. The van der Waals surface area contributed by atoms with Crippen molar-refractivity contribution in [3.8, 4) is 0 Å². The molecule has 1 unspecified atom stereocenters. The lowest BCUT2D eigenvalue weighted by Gasteiger charge is -2.13. The van der Waals surface area contributed by atoms with Crippen LogP contribution in [0.5, 0.6) is 0 Å². The third-order valence-corrected chi connectivity index (χ3v) is 4.07. The first kappa shape index (κ1) is 18.7. The maximum atomic E-state index is 13.0. The predicted octanol–water partition coefficient (Wildman–Crippen LogP) is 2.87. The van der Waals surface area contributed by atoms with Crippen LogP contribution in [0.15, 0.2) is 43.4 Å². The number of fused-ring (bicyclic) bond motifs is 1. The normalized spacial score (nSPS) is 12.4. The summed E-state index contributed by atoms with van der Waals surface area (Å²) in [6, 6.07) is 1.48. The second-order valence-corrected chi connectivity index (χ2v) is 6.22. The highest BCUT2D eigenvalue weighted by Crippen LogP contribution is 2.24. The second-order valence-electron chi connectivity index (χ2n) is 6.22. The zero-order valence-corrected chi connectivity index (χ0v) is 15.2. The predicted molar refractivity (Wildman–Crippen MR) is 98.8 cm³/mol. The van der Waals surface area contributed by atoms with Crippen molar-refractivity contribution < 1.29 is 13.2 Å². The van der Waals surface area contributed by atoms with Crippen molar-refractivity contribution in [2.45, 2.75) is 25.9 Å². The molecule has 0 fully saturated rings. The molecule has 2 N–H and O–H groups in total. The smallest absolute Gasteiger partial charge is 0.257 e. The molecule has 0 bridgehead atoms. The van der Waals surface area contributed by atoms with E-state index in [-0.39, 0.29) is 6.04 Å². The Hall–Kier alpha value is -3.70. The molecule has 29 heavy (non-hydrogen) atoms. The monoisotopic (exact) mass is 403 g/mol. The first-order chi connectivity index (χ1) is 14.0. The SMILES string of the molecule is CC(Nc1ncnc2c1ccn2Nc1cnn(CC(F)F)c1)c1ncc(F)cn1. The summed E-state index contributed by atoms with van der Waals surface area (Å²) in [5.74, 6) is 0.455. The van der Waals surface area contributed by atoms with Gasteiger partial charge in [-0.3, -0.25) is 10.1 Å². The fraction of sp³-hybridized carbons (Fsp3) is 0.235. The van der Waals surface area contributed by atoms with E-state index in [0.29, 0.717) is 28.4 Å². The highest BCUT2D eigenvalue weighted by molar-refractivity contribution is 5.87. The zero-order valence-electron chi connectivity index (χ0n) is 15.2. The van der Waals surface area contributed by atoms with E-state index in [1.165, 1.54) is 18.7 Å². The van der Waals surface area contributed by atoms with E-state index in [0.717, 1.165) is 17.1 Å². The van der Waals surface area contributed by atoms with Gasteiger partial charge in [-0.1, -0.05) is 0 Å². The zero-order chi connectivity index (χ0) is 20.4. The summed E-state index contributed by atoms with van der Waals surface area (Å²) < 4.78 is 40.7. The van der Waals surface area contributed by atoms with Crippen LogP contribution in [0.25, 0.3) is 11.0 Å². The second kappa shape index (κ2) is 7.73. The van der Waals surface area contributed by atoms with Gasteiger partial charge in [0.15, 0.2) is 11.5 Å². The minimum absolute atomic E-state index is 0.322. The summed E-state index contributed by atoms with van der Waals surface area (Å²) in [5.41, 5.74) is 4.14.